The van der Waals surface area contributed by atoms with Crippen molar-refractivity contribution < 1.29 is 4.79 Å². The maximum absolute atomic E-state index is 11.5. The number of hydrogen-bond donors (Lipinski definition) is 2. The number of rotatable bonds is 6. The van der Waals surface area contributed by atoms with Crippen molar-refractivity contribution in [3.05, 3.63) is 12.2 Å². The van der Waals surface area contributed by atoms with Gasteiger partial charge in [-0.2, -0.15) is 0 Å². The molecule has 0 aliphatic heterocycles. The van der Waals surface area contributed by atoms with E-state index in [2.05, 4.69) is 36.6 Å². The van der Waals surface area contributed by atoms with Gasteiger partial charge >= 0.3 is 0 Å². The van der Waals surface area contributed by atoms with Crippen molar-refractivity contribution >= 4 is 5.91 Å². The fourth-order valence-electron chi connectivity index (χ4n) is 1.74. The molecule has 0 heterocycles. The maximum Gasteiger partial charge on any atom is 0.220 e. The summed E-state index contributed by atoms with van der Waals surface area (Å²) >= 11 is 0. The SMILES string of the molecule is CC(C)NCCNC(=O)CC1C=CCC1. The molecule has 1 unspecified atom stereocenters. The molecule has 0 radical (unpaired) electrons. The fourth-order valence-corrected chi connectivity index (χ4v) is 1.74. The first kappa shape index (κ1) is 12.2. The molecule has 0 saturated heterocycles. The summed E-state index contributed by atoms with van der Waals surface area (Å²) in [6.45, 7) is 5.79. The van der Waals surface area contributed by atoms with Gasteiger partial charge in [-0.05, 0) is 18.8 Å². The molecule has 3 nitrogen and oxygen atoms in total. The highest BCUT2D eigenvalue weighted by molar-refractivity contribution is 5.76. The van der Waals surface area contributed by atoms with E-state index in [4.69, 9.17) is 0 Å². The third-order valence-corrected chi connectivity index (χ3v) is 2.56. The third-order valence-electron chi connectivity index (χ3n) is 2.56. The third kappa shape index (κ3) is 5.57. The van der Waals surface area contributed by atoms with Gasteiger partial charge in [0.15, 0.2) is 0 Å². The van der Waals surface area contributed by atoms with E-state index in [1.165, 1.54) is 0 Å². The van der Waals surface area contributed by atoms with Gasteiger partial charge in [0, 0.05) is 25.6 Å². The molecule has 86 valence electrons. The summed E-state index contributed by atoms with van der Waals surface area (Å²) in [6, 6.07) is 0.486. The molecule has 0 aromatic carbocycles. The van der Waals surface area contributed by atoms with E-state index in [-0.39, 0.29) is 5.91 Å². The van der Waals surface area contributed by atoms with Crippen LogP contribution < -0.4 is 10.6 Å². The molecule has 0 bridgehead atoms. The minimum Gasteiger partial charge on any atom is -0.355 e. The van der Waals surface area contributed by atoms with Crippen molar-refractivity contribution in [1.29, 1.82) is 0 Å². The van der Waals surface area contributed by atoms with E-state index in [1.807, 2.05) is 0 Å². The molecular formula is C12H22N2O. The largest absolute Gasteiger partial charge is 0.355 e. The predicted octanol–water partition coefficient (Wildman–Crippen LogP) is 1.46. The lowest BCUT2D eigenvalue weighted by Crippen LogP contribution is -2.35. The number of nitrogens with one attached hydrogen (secondary N) is 2. The van der Waals surface area contributed by atoms with Crippen molar-refractivity contribution in [2.75, 3.05) is 13.1 Å². The molecule has 1 rings (SSSR count). The van der Waals surface area contributed by atoms with E-state index in [0.717, 1.165) is 25.9 Å². The number of hydrogen-bond acceptors (Lipinski definition) is 2. The number of allylic oxidation sites excluding steroid dienone is 2. The highest BCUT2D eigenvalue weighted by atomic mass is 16.1. The van der Waals surface area contributed by atoms with Crippen LogP contribution in [0.2, 0.25) is 0 Å². The lowest BCUT2D eigenvalue weighted by molar-refractivity contribution is -0.121. The molecule has 0 aromatic rings. The Morgan fingerprint density at radius 1 is 1.47 bits per heavy atom. The molecule has 1 aliphatic carbocycles. The van der Waals surface area contributed by atoms with Gasteiger partial charge in [-0.25, -0.2) is 0 Å². The Labute approximate surface area is 92.3 Å². The van der Waals surface area contributed by atoms with Crippen LogP contribution in [0.4, 0.5) is 0 Å². The molecule has 0 saturated carbocycles. The maximum atomic E-state index is 11.5. The summed E-state index contributed by atoms with van der Waals surface area (Å²) in [5.41, 5.74) is 0. The van der Waals surface area contributed by atoms with Crippen molar-refractivity contribution in [2.45, 2.75) is 39.2 Å². The summed E-state index contributed by atoms with van der Waals surface area (Å²) < 4.78 is 0. The smallest absolute Gasteiger partial charge is 0.220 e. The van der Waals surface area contributed by atoms with Gasteiger partial charge in [0.2, 0.25) is 5.91 Å². The molecule has 2 N–H and O–H groups in total. The van der Waals surface area contributed by atoms with Crippen LogP contribution in [0.3, 0.4) is 0 Å². The fraction of sp³-hybridized carbons (Fsp3) is 0.750. The minimum absolute atomic E-state index is 0.178. The van der Waals surface area contributed by atoms with Crippen molar-refractivity contribution in [3.63, 3.8) is 0 Å². The summed E-state index contributed by atoms with van der Waals surface area (Å²) in [6.07, 6.45) is 7.24. The lowest BCUT2D eigenvalue weighted by atomic mass is 10.1. The summed E-state index contributed by atoms with van der Waals surface area (Å²) in [7, 11) is 0. The molecule has 0 aromatic heterocycles. The Bertz CT molecular complexity index is 224. The van der Waals surface area contributed by atoms with Crippen LogP contribution in [0, 0.1) is 5.92 Å². The molecule has 0 spiro atoms. The topological polar surface area (TPSA) is 41.1 Å². The first-order valence-electron chi connectivity index (χ1n) is 5.85. The average Bonchev–Trinajstić information content (AvgIpc) is 2.64. The summed E-state index contributed by atoms with van der Waals surface area (Å²) in [4.78, 5) is 11.5. The first-order chi connectivity index (χ1) is 7.18. The average molecular weight is 210 g/mol. The van der Waals surface area contributed by atoms with E-state index >= 15 is 0 Å². The quantitative estimate of drug-likeness (QED) is 0.515. The van der Waals surface area contributed by atoms with Gasteiger partial charge in [-0.15, -0.1) is 0 Å². The van der Waals surface area contributed by atoms with Crippen molar-refractivity contribution in [1.82, 2.24) is 10.6 Å². The van der Waals surface area contributed by atoms with Crippen LogP contribution in [-0.2, 0) is 4.79 Å². The van der Waals surface area contributed by atoms with Crippen LogP contribution in [0.5, 0.6) is 0 Å². The first-order valence-corrected chi connectivity index (χ1v) is 5.85. The second kappa shape index (κ2) is 6.62. The molecule has 1 aliphatic rings. The minimum atomic E-state index is 0.178. The van der Waals surface area contributed by atoms with E-state index in [1.54, 1.807) is 0 Å². The Morgan fingerprint density at radius 3 is 2.87 bits per heavy atom. The Morgan fingerprint density at radius 2 is 2.27 bits per heavy atom. The van der Waals surface area contributed by atoms with Crippen molar-refractivity contribution in [2.24, 2.45) is 5.92 Å². The zero-order valence-electron chi connectivity index (χ0n) is 9.75. The predicted molar refractivity (Wildman–Crippen MR) is 62.6 cm³/mol. The van der Waals surface area contributed by atoms with Crippen LogP contribution in [-0.4, -0.2) is 25.0 Å². The molecule has 1 amide bonds. The van der Waals surface area contributed by atoms with Gasteiger partial charge in [0.05, 0.1) is 0 Å². The second-order valence-corrected chi connectivity index (χ2v) is 4.43. The summed E-state index contributed by atoms with van der Waals surface area (Å²) in [5.74, 6) is 0.653. The molecule has 0 fully saturated rings. The Balaban J connectivity index is 2.00. The van der Waals surface area contributed by atoms with Gasteiger partial charge in [-0.1, -0.05) is 26.0 Å². The van der Waals surface area contributed by atoms with Gasteiger partial charge in [0.1, 0.15) is 0 Å². The van der Waals surface area contributed by atoms with Gasteiger partial charge in [-0.3, -0.25) is 4.79 Å². The van der Waals surface area contributed by atoms with Crippen LogP contribution in [0.25, 0.3) is 0 Å². The Hall–Kier alpha value is -0.830. The van der Waals surface area contributed by atoms with Crippen molar-refractivity contribution in [3.8, 4) is 0 Å². The van der Waals surface area contributed by atoms with Gasteiger partial charge < -0.3 is 10.6 Å². The molecule has 15 heavy (non-hydrogen) atoms. The van der Waals surface area contributed by atoms with Gasteiger partial charge in [0.25, 0.3) is 0 Å². The molecule has 3 heteroatoms. The number of carbonyl (C=O) groups excluding carboxylic acids is 1. The zero-order valence-corrected chi connectivity index (χ0v) is 9.75. The van der Waals surface area contributed by atoms with Crippen LogP contribution in [0.15, 0.2) is 12.2 Å². The monoisotopic (exact) mass is 210 g/mol. The normalized spacial score (nSPS) is 19.8. The van der Waals surface area contributed by atoms with E-state index in [9.17, 15) is 4.79 Å². The van der Waals surface area contributed by atoms with Crippen LogP contribution in [0.1, 0.15) is 33.1 Å². The highest BCUT2D eigenvalue weighted by Gasteiger charge is 2.13. The lowest BCUT2D eigenvalue weighted by Gasteiger charge is -2.10. The molecular weight excluding hydrogens is 188 g/mol. The van der Waals surface area contributed by atoms with E-state index < -0.39 is 0 Å². The summed E-state index contributed by atoms with van der Waals surface area (Å²) in [5, 5.41) is 6.20. The Kier molecular flexibility index (Phi) is 5.40. The standard InChI is InChI=1S/C12H22N2O/c1-10(2)13-7-8-14-12(15)9-11-5-3-4-6-11/h3,5,10-11,13H,4,6-9H2,1-2H3,(H,14,15). The van der Waals surface area contributed by atoms with Crippen LogP contribution >= 0.6 is 0 Å². The number of carbonyl (C=O) groups is 1. The molecule has 1 atom stereocenters. The number of amides is 1. The highest BCUT2D eigenvalue weighted by Crippen LogP contribution is 2.19. The van der Waals surface area contributed by atoms with E-state index in [0.29, 0.717) is 18.4 Å². The second-order valence-electron chi connectivity index (χ2n) is 4.43. The zero-order chi connectivity index (χ0) is 11.1.